The number of hydrogen-bond acceptors (Lipinski definition) is 24. The van der Waals surface area contributed by atoms with Crippen LogP contribution in [0.3, 0.4) is 0 Å². The first kappa shape index (κ1) is 55.1. The zero-order valence-electron chi connectivity index (χ0n) is 38.4. The molecule has 0 aromatic carbocycles. The van der Waals surface area contributed by atoms with E-state index in [0.717, 1.165) is 48.5 Å². The van der Waals surface area contributed by atoms with Gasteiger partial charge in [0.25, 0.3) is 0 Å². The lowest BCUT2D eigenvalue weighted by Gasteiger charge is -2.58. The second kappa shape index (κ2) is 23.7. The van der Waals surface area contributed by atoms with Gasteiger partial charge in [-0.1, -0.05) is 19.6 Å². The number of esters is 6. The van der Waals surface area contributed by atoms with Gasteiger partial charge in [0.15, 0.2) is 36.3 Å². The van der Waals surface area contributed by atoms with Gasteiger partial charge in [0.2, 0.25) is 11.7 Å². The van der Waals surface area contributed by atoms with Gasteiger partial charge in [0.05, 0.1) is 12.6 Å². The second-order valence-electron chi connectivity index (χ2n) is 17.4. The van der Waals surface area contributed by atoms with Crippen LogP contribution in [0, 0.1) is 0 Å². The predicted molar refractivity (Wildman–Crippen MR) is 223 cm³/mol. The van der Waals surface area contributed by atoms with Gasteiger partial charge in [0, 0.05) is 69.6 Å². The maximum absolute atomic E-state index is 12.8. The van der Waals surface area contributed by atoms with Crippen molar-refractivity contribution in [1.29, 1.82) is 0 Å². The van der Waals surface area contributed by atoms with Crippen molar-refractivity contribution in [3.05, 3.63) is 0 Å². The van der Waals surface area contributed by atoms with Crippen LogP contribution in [0.1, 0.15) is 54.9 Å². The second-order valence-corrected chi connectivity index (χ2v) is 23.5. The van der Waals surface area contributed by atoms with E-state index in [1.54, 1.807) is 0 Å². The van der Waals surface area contributed by atoms with Gasteiger partial charge < -0.3 is 82.2 Å². The Morgan fingerprint density at radius 2 is 1.36 bits per heavy atom. The Kier molecular flexibility index (Phi) is 19.7. The van der Waals surface area contributed by atoms with Crippen molar-refractivity contribution in [1.82, 2.24) is 5.32 Å². The third kappa shape index (κ3) is 14.7. The van der Waals surface area contributed by atoms with Crippen LogP contribution in [0.2, 0.25) is 25.7 Å². The van der Waals surface area contributed by atoms with Crippen molar-refractivity contribution < 1.29 is 110 Å². The van der Waals surface area contributed by atoms with Crippen molar-refractivity contribution in [3.63, 3.8) is 0 Å². The Balaban J connectivity index is 1.84. The Bertz CT molecular complexity index is 1730. The molecule has 4 fully saturated rings. The van der Waals surface area contributed by atoms with E-state index in [1.807, 2.05) is 0 Å². The molecule has 10 unspecified atom stereocenters. The van der Waals surface area contributed by atoms with E-state index in [2.05, 4.69) is 25.0 Å². The molecule has 4 rings (SSSR count). The summed E-state index contributed by atoms with van der Waals surface area (Å²) < 4.78 is 77.0. The van der Waals surface area contributed by atoms with Crippen molar-refractivity contribution >= 4 is 62.4 Å². The first-order valence-electron chi connectivity index (χ1n) is 21.2. The van der Waals surface area contributed by atoms with E-state index in [9.17, 15) is 48.9 Å². The van der Waals surface area contributed by atoms with Gasteiger partial charge in [-0.15, -0.1) is 12.6 Å². The number of nitrogens with one attached hydrogen (secondary N) is 1. The SMILES string of the molecule is CC(=O)NC1C(OC(C)=O)CC2(OC3C(OC(C)=O)C(COC(C)=O)OC(O[C@H]4[C@H](O)[C@@H](O)[C@H](OCC[Si](C)(C)C)O[C@@H]4CO)C3OC2S)OC1[C@@H](OC(C)=O)[C@H](COC(C)=O)OC(C)=O. The monoisotopic (exact) mass is 985 g/mol. The molecule has 4 N–H and O–H groups in total. The zero-order chi connectivity index (χ0) is 49.4. The molecule has 26 heteroatoms. The largest absolute Gasteiger partial charge is 0.463 e. The molecule has 4 aliphatic rings. The molecule has 0 aliphatic carbocycles. The van der Waals surface area contributed by atoms with Crippen LogP contribution in [0.4, 0.5) is 0 Å². The number of carbonyl (C=O) groups is 7. The third-order valence-corrected chi connectivity index (χ3v) is 12.8. The Hall–Kier alpha value is -3.54. The molecule has 376 valence electrons. The number of amides is 1. The van der Waals surface area contributed by atoms with Gasteiger partial charge >= 0.3 is 35.8 Å². The van der Waals surface area contributed by atoms with Crippen LogP contribution in [0.25, 0.3) is 0 Å². The molecule has 0 aromatic rings. The van der Waals surface area contributed by atoms with E-state index >= 15 is 0 Å². The van der Waals surface area contributed by atoms with Crippen LogP contribution in [-0.2, 0) is 95.1 Å². The van der Waals surface area contributed by atoms with Crippen LogP contribution >= 0.6 is 12.6 Å². The molecule has 4 aliphatic heterocycles. The van der Waals surface area contributed by atoms with Crippen LogP contribution < -0.4 is 5.32 Å². The summed E-state index contributed by atoms with van der Waals surface area (Å²) in [5.74, 6) is -8.18. The molecule has 0 radical (unpaired) electrons. The molecule has 4 saturated heterocycles. The van der Waals surface area contributed by atoms with Gasteiger partial charge in [-0.3, -0.25) is 33.6 Å². The van der Waals surface area contributed by atoms with Gasteiger partial charge in [-0.05, 0) is 6.04 Å². The number of aliphatic hydroxyl groups excluding tert-OH is 3. The molecular formula is C40H63NO23SSi. The quantitative estimate of drug-likeness (QED) is 0.0465. The molecule has 1 spiro atoms. The maximum atomic E-state index is 12.8. The highest BCUT2D eigenvalue weighted by molar-refractivity contribution is 7.80. The summed E-state index contributed by atoms with van der Waals surface area (Å²) in [6.45, 7) is 12.0. The zero-order valence-corrected chi connectivity index (χ0v) is 40.3. The minimum atomic E-state index is -2.28. The Morgan fingerprint density at radius 1 is 0.742 bits per heavy atom. The number of hydrogen-bond donors (Lipinski definition) is 5. The molecule has 0 aromatic heterocycles. The average Bonchev–Trinajstić information content (AvgIpc) is 3.18. The fourth-order valence-electron chi connectivity index (χ4n) is 7.84. The smallest absolute Gasteiger partial charge is 0.303 e. The summed E-state index contributed by atoms with van der Waals surface area (Å²) in [4.78, 5) is 87.6. The fourth-order valence-corrected chi connectivity index (χ4v) is 8.94. The number of carbonyl (C=O) groups excluding carboxylic acids is 7. The topological polar surface area (TPSA) is 312 Å². The van der Waals surface area contributed by atoms with E-state index in [4.69, 9.17) is 74.2 Å². The summed E-state index contributed by atoms with van der Waals surface area (Å²) in [5.41, 5.74) is -1.62. The lowest BCUT2D eigenvalue weighted by atomic mass is 9.86. The van der Waals surface area contributed by atoms with Crippen LogP contribution in [0.5, 0.6) is 0 Å². The van der Waals surface area contributed by atoms with Gasteiger partial charge in [0.1, 0.15) is 68.1 Å². The van der Waals surface area contributed by atoms with Crippen molar-refractivity contribution in [3.8, 4) is 0 Å². The van der Waals surface area contributed by atoms with E-state index in [-0.39, 0.29) is 6.61 Å². The lowest BCUT2D eigenvalue weighted by molar-refractivity contribution is -0.439. The molecule has 24 nitrogen and oxygen atoms in total. The van der Waals surface area contributed by atoms with Gasteiger partial charge in [-0.2, -0.15) is 0 Å². The molecular weight excluding hydrogens is 923 g/mol. The highest BCUT2D eigenvalue weighted by Crippen LogP contribution is 2.47. The van der Waals surface area contributed by atoms with E-state index in [0.29, 0.717) is 6.04 Å². The summed E-state index contributed by atoms with van der Waals surface area (Å²) in [5, 5.41) is 35.7. The highest BCUT2D eigenvalue weighted by atomic mass is 32.1. The number of fused-ring (bicyclic) bond motifs is 1. The molecule has 1 amide bonds. The first-order valence-corrected chi connectivity index (χ1v) is 25.4. The minimum absolute atomic E-state index is 0.194. The van der Waals surface area contributed by atoms with Crippen LogP contribution in [0.15, 0.2) is 0 Å². The molecule has 0 bridgehead atoms. The van der Waals surface area contributed by atoms with Crippen LogP contribution in [-0.4, -0.2) is 195 Å². The van der Waals surface area contributed by atoms with Crippen molar-refractivity contribution in [2.75, 3.05) is 26.4 Å². The molecule has 17 atom stereocenters. The van der Waals surface area contributed by atoms with Gasteiger partial charge in [-0.25, -0.2) is 0 Å². The number of aliphatic hydroxyl groups is 3. The molecule has 4 heterocycles. The minimum Gasteiger partial charge on any atom is -0.463 e. The average molecular weight is 986 g/mol. The molecule has 66 heavy (non-hydrogen) atoms. The summed E-state index contributed by atoms with van der Waals surface area (Å²) in [6.07, 6.45) is -22.7. The number of rotatable bonds is 18. The van der Waals surface area contributed by atoms with E-state index < -0.39 is 179 Å². The third-order valence-electron chi connectivity index (χ3n) is 10.6. The lowest BCUT2D eigenvalue weighted by Crippen LogP contribution is -2.75. The normalized spacial score (nSPS) is 35.2. The maximum Gasteiger partial charge on any atom is 0.303 e. The highest BCUT2D eigenvalue weighted by Gasteiger charge is 2.65. The fraction of sp³-hybridized carbons (Fsp3) is 0.825. The summed E-state index contributed by atoms with van der Waals surface area (Å²) in [6, 6.07) is -0.732. The number of ether oxygens (including phenoxy) is 13. The standard InChI is InChI=1S/C40H63NO23SSi/c1-17(43)41-28-24(55-20(4)46)13-40(63-34(28)32(57-22(6)48)26(56-21(5)47)15-53-18(2)44)39(65)62-36-35(64-40)33(58-23(7)49)27(16-54-19(3)45)60-38(36)61-31-25(14-42)59-37(30(51)29(31)50)52-11-12-66(8,9)10/h24-39,42,50-51,65H,11-16H2,1-10H3,(H,41,43)/t24?,25-,26+,27?,28?,29-,30-,31-,32+,33?,34?,35?,36?,37-,38?,39?,40?/m1/s1. The molecule has 0 saturated carbocycles. The van der Waals surface area contributed by atoms with Crippen molar-refractivity contribution in [2.45, 2.75) is 184 Å². The van der Waals surface area contributed by atoms with Crippen molar-refractivity contribution in [2.24, 2.45) is 0 Å². The number of thiol groups is 1. The summed E-state index contributed by atoms with van der Waals surface area (Å²) >= 11 is 4.70. The Morgan fingerprint density at radius 3 is 1.91 bits per heavy atom. The first-order chi connectivity index (χ1) is 30.7. The van der Waals surface area contributed by atoms with E-state index in [1.165, 1.54) is 0 Å². The summed E-state index contributed by atoms with van der Waals surface area (Å²) in [7, 11) is -1.59. The predicted octanol–water partition coefficient (Wildman–Crippen LogP) is -1.23. The Labute approximate surface area is 387 Å².